The molecule has 0 aliphatic rings. The minimum Gasteiger partial charge on any atom is -0.508 e. The number of anilines is 2. The third-order valence-electron chi connectivity index (χ3n) is 6.43. The van der Waals surface area contributed by atoms with Crippen LogP contribution in [0.25, 0.3) is 10.8 Å². The minimum atomic E-state index is -1.18. The Kier molecular flexibility index (Phi) is 7.43. The van der Waals surface area contributed by atoms with Crippen molar-refractivity contribution in [1.29, 1.82) is 0 Å². The van der Waals surface area contributed by atoms with Gasteiger partial charge in [-0.15, -0.1) is 0 Å². The average Bonchev–Trinajstić information content (AvgIpc) is 3.37. The van der Waals surface area contributed by atoms with E-state index in [0.717, 1.165) is 27.9 Å². The van der Waals surface area contributed by atoms with Crippen LogP contribution in [0.2, 0.25) is 0 Å². The van der Waals surface area contributed by atoms with E-state index >= 15 is 0 Å². The Hall–Kier alpha value is -5.22. The lowest BCUT2D eigenvalue weighted by Gasteiger charge is -2.32. The van der Waals surface area contributed by atoms with Gasteiger partial charge >= 0.3 is 0 Å². The Labute approximate surface area is 233 Å². The highest BCUT2D eigenvalue weighted by molar-refractivity contribution is 7.09. The van der Waals surface area contributed by atoms with Crippen LogP contribution in [0.4, 0.5) is 11.4 Å². The molecule has 1 aromatic heterocycles. The number of carbonyl (C=O) groups excluding carboxylic acids is 3. The molecular weight excluding hydrogens is 526 g/mol. The number of hydrogen-bond acceptors (Lipinski definition) is 7. The second kappa shape index (κ2) is 11.3. The molecule has 0 fully saturated rings. The monoisotopic (exact) mass is 551 g/mol. The van der Waals surface area contributed by atoms with Crippen LogP contribution in [0.5, 0.6) is 5.75 Å². The lowest BCUT2D eigenvalue weighted by molar-refractivity contribution is -0.122. The van der Waals surface area contributed by atoms with Crippen LogP contribution < -0.4 is 21.7 Å². The normalized spacial score (nSPS) is 11.6. The first kappa shape index (κ1) is 26.4. The van der Waals surface area contributed by atoms with Gasteiger partial charge in [-0.05, 0) is 46.2 Å². The molecule has 0 radical (unpaired) electrons. The molecule has 3 amide bonds. The Morgan fingerprint density at radius 2 is 1.57 bits per heavy atom. The van der Waals surface area contributed by atoms with Gasteiger partial charge in [-0.2, -0.15) is 4.37 Å². The van der Waals surface area contributed by atoms with E-state index in [2.05, 4.69) is 9.69 Å². The highest BCUT2D eigenvalue weighted by Gasteiger charge is 2.36. The fraction of sp³-hybridized carbons (Fsp3) is 0.0667. The lowest BCUT2D eigenvalue weighted by Crippen LogP contribution is -2.44. The number of hydrogen-bond donors (Lipinski definition) is 4. The van der Waals surface area contributed by atoms with Crippen LogP contribution in [0, 0.1) is 0 Å². The van der Waals surface area contributed by atoms with E-state index in [1.807, 2.05) is 60.7 Å². The Morgan fingerprint density at radius 1 is 0.900 bits per heavy atom. The van der Waals surface area contributed by atoms with Crippen molar-refractivity contribution in [3.63, 3.8) is 0 Å². The number of phenolic OH excluding ortho intramolecular Hbond substituents is 1. The highest BCUT2D eigenvalue weighted by atomic mass is 32.1. The number of phenols is 1. The number of rotatable bonds is 8. The maximum atomic E-state index is 14.3. The number of benzene rings is 4. The molecule has 4 aromatic carbocycles. The number of aromatic nitrogens is 1. The predicted molar refractivity (Wildman–Crippen MR) is 155 cm³/mol. The number of primary amides is 1. The maximum Gasteiger partial charge on any atom is 0.273 e. The van der Waals surface area contributed by atoms with E-state index in [-0.39, 0.29) is 28.6 Å². The summed E-state index contributed by atoms with van der Waals surface area (Å²) in [5, 5.41) is 14.5. The summed E-state index contributed by atoms with van der Waals surface area (Å²) in [6.45, 7) is 0.223. The van der Waals surface area contributed by atoms with Crippen molar-refractivity contribution in [3.8, 4) is 5.75 Å². The average molecular weight is 552 g/mol. The van der Waals surface area contributed by atoms with Crippen molar-refractivity contribution in [2.45, 2.75) is 12.6 Å². The first-order valence-corrected chi connectivity index (χ1v) is 13.1. The molecule has 200 valence electrons. The molecule has 5 rings (SSSR count). The summed E-state index contributed by atoms with van der Waals surface area (Å²) < 4.78 is 4.00. The Balaban J connectivity index is 1.69. The van der Waals surface area contributed by atoms with Crippen LogP contribution in [0.1, 0.15) is 37.3 Å². The van der Waals surface area contributed by atoms with Gasteiger partial charge in [-0.1, -0.05) is 78.9 Å². The third-order valence-corrected chi connectivity index (χ3v) is 7.28. The van der Waals surface area contributed by atoms with Crippen molar-refractivity contribution in [3.05, 3.63) is 119 Å². The molecular formula is C30H25N5O4S. The Morgan fingerprint density at radius 3 is 2.27 bits per heavy atom. The van der Waals surface area contributed by atoms with Crippen LogP contribution >= 0.6 is 11.5 Å². The summed E-state index contributed by atoms with van der Waals surface area (Å²) in [6, 6.07) is 27.2. The van der Waals surface area contributed by atoms with Crippen molar-refractivity contribution < 1.29 is 19.5 Å². The molecule has 0 unspecified atom stereocenters. The third kappa shape index (κ3) is 5.20. The zero-order valence-electron chi connectivity index (χ0n) is 21.2. The molecule has 6 N–H and O–H groups in total. The van der Waals surface area contributed by atoms with Gasteiger partial charge in [0, 0.05) is 11.9 Å². The fourth-order valence-corrected chi connectivity index (χ4v) is 5.22. The molecule has 1 atom stereocenters. The summed E-state index contributed by atoms with van der Waals surface area (Å²) in [7, 11) is 0. The van der Waals surface area contributed by atoms with Crippen molar-refractivity contribution in [2.75, 3.05) is 10.6 Å². The van der Waals surface area contributed by atoms with Crippen LogP contribution in [-0.4, -0.2) is 27.2 Å². The summed E-state index contributed by atoms with van der Waals surface area (Å²) in [6.07, 6.45) is 0. The minimum absolute atomic E-state index is 0.00744. The predicted octanol–water partition coefficient (Wildman–Crippen LogP) is 4.39. The molecule has 10 heteroatoms. The zero-order valence-corrected chi connectivity index (χ0v) is 22.0. The topological polar surface area (TPSA) is 152 Å². The van der Waals surface area contributed by atoms with Gasteiger partial charge in [0.15, 0.2) is 5.69 Å². The summed E-state index contributed by atoms with van der Waals surface area (Å²) in [5.41, 5.74) is 13.0. The molecule has 5 aromatic rings. The molecule has 1 heterocycles. The van der Waals surface area contributed by atoms with Crippen molar-refractivity contribution >= 4 is 51.4 Å². The lowest BCUT2D eigenvalue weighted by atomic mass is 10.00. The van der Waals surface area contributed by atoms with Gasteiger partial charge in [0.1, 0.15) is 16.7 Å². The van der Waals surface area contributed by atoms with Gasteiger partial charge in [-0.25, -0.2) is 0 Å². The van der Waals surface area contributed by atoms with Crippen molar-refractivity contribution in [1.82, 2.24) is 9.69 Å². The number of nitrogens with one attached hydrogen (secondary N) is 1. The standard InChI is InChI=1S/C30H25N5O4S/c31-24-25(28(32)37)34-40-27(24)30(39)35(23-12-6-10-19-9-4-5-11-22(19)23)26(20-13-15-21(36)16-14-20)29(38)33-17-18-7-2-1-3-8-18/h1-16,26,36H,17,31H2,(H2,32,37)(H,33,38)/t26-/m1/s1. The van der Waals surface area contributed by atoms with E-state index in [9.17, 15) is 19.5 Å². The first-order valence-electron chi connectivity index (χ1n) is 12.3. The van der Waals surface area contributed by atoms with Gasteiger partial charge in [0.05, 0.1) is 11.4 Å². The second-order valence-corrected chi connectivity index (χ2v) is 9.78. The van der Waals surface area contributed by atoms with Gasteiger partial charge in [0.2, 0.25) is 5.91 Å². The molecule has 0 aliphatic carbocycles. The SMILES string of the molecule is NC(=O)c1nsc(C(=O)N(c2cccc3ccccc23)[C@@H](C(=O)NCc2ccccc2)c2ccc(O)cc2)c1N. The van der Waals surface area contributed by atoms with Crippen LogP contribution in [0.15, 0.2) is 97.1 Å². The molecule has 0 bridgehead atoms. The molecule has 0 saturated heterocycles. The summed E-state index contributed by atoms with van der Waals surface area (Å²) >= 11 is 0.739. The molecule has 40 heavy (non-hydrogen) atoms. The molecule has 9 nitrogen and oxygen atoms in total. The van der Waals surface area contributed by atoms with E-state index < -0.39 is 23.8 Å². The quantitative estimate of drug-likeness (QED) is 0.225. The largest absolute Gasteiger partial charge is 0.508 e. The number of nitrogens with two attached hydrogens (primary N) is 2. The summed E-state index contributed by atoms with van der Waals surface area (Å²) in [5.74, 6) is -1.95. The maximum absolute atomic E-state index is 14.3. The van der Waals surface area contributed by atoms with Gasteiger partial charge in [0.25, 0.3) is 11.8 Å². The molecule has 0 spiro atoms. The number of nitrogen functional groups attached to an aromatic ring is 1. The zero-order chi connectivity index (χ0) is 28.2. The second-order valence-electron chi connectivity index (χ2n) is 9.01. The number of amides is 3. The smallest absolute Gasteiger partial charge is 0.273 e. The fourth-order valence-electron chi connectivity index (χ4n) is 4.48. The number of carbonyl (C=O) groups is 3. The van der Waals surface area contributed by atoms with Crippen LogP contribution in [0.3, 0.4) is 0 Å². The number of fused-ring (bicyclic) bond motifs is 1. The van der Waals surface area contributed by atoms with Crippen molar-refractivity contribution in [2.24, 2.45) is 5.73 Å². The van der Waals surface area contributed by atoms with E-state index in [0.29, 0.717) is 11.3 Å². The van der Waals surface area contributed by atoms with E-state index in [1.165, 1.54) is 17.0 Å². The van der Waals surface area contributed by atoms with Crippen LogP contribution in [-0.2, 0) is 11.3 Å². The molecule has 0 saturated carbocycles. The molecule has 0 aliphatic heterocycles. The summed E-state index contributed by atoms with van der Waals surface area (Å²) in [4.78, 5) is 41.5. The van der Waals surface area contributed by atoms with Gasteiger partial charge in [-0.3, -0.25) is 19.3 Å². The van der Waals surface area contributed by atoms with E-state index in [1.54, 1.807) is 24.3 Å². The number of aromatic hydroxyl groups is 1. The highest BCUT2D eigenvalue weighted by Crippen LogP contribution is 2.37. The van der Waals surface area contributed by atoms with E-state index in [4.69, 9.17) is 11.5 Å². The first-order chi connectivity index (χ1) is 19.3. The van der Waals surface area contributed by atoms with Gasteiger partial charge < -0.3 is 21.9 Å². The number of nitrogens with zero attached hydrogens (tertiary/aromatic N) is 2. The Bertz CT molecular complexity index is 1700.